The molecular weight excluding hydrogens is 252 g/mol. The van der Waals surface area contributed by atoms with Gasteiger partial charge in [-0.15, -0.1) is 0 Å². The van der Waals surface area contributed by atoms with Gasteiger partial charge in [0.1, 0.15) is 0 Å². The van der Waals surface area contributed by atoms with E-state index in [0.717, 1.165) is 10.9 Å². The lowest BCUT2D eigenvalue weighted by molar-refractivity contribution is 0.696. The molecule has 2 N–H and O–H groups in total. The van der Waals surface area contributed by atoms with Crippen molar-refractivity contribution in [3.8, 4) is 0 Å². The van der Waals surface area contributed by atoms with Crippen molar-refractivity contribution in [3.05, 3.63) is 34.4 Å². The second-order valence-corrected chi connectivity index (χ2v) is 4.90. The smallest absolute Gasteiger partial charge is 0.0491 e. The highest BCUT2D eigenvalue weighted by Gasteiger charge is 2.08. The highest BCUT2D eigenvalue weighted by Crippen LogP contribution is 2.26. The van der Waals surface area contributed by atoms with E-state index in [0.29, 0.717) is 0 Å². The van der Waals surface area contributed by atoms with E-state index in [2.05, 4.69) is 51.8 Å². The molecule has 1 aromatic carbocycles. The summed E-state index contributed by atoms with van der Waals surface area (Å²) in [6.07, 6.45) is 0.914. The fourth-order valence-corrected chi connectivity index (χ4v) is 2.38. The van der Waals surface area contributed by atoms with Gasteiger partial charge in [-0.05, 0) is 25.1 Å². The van der Waals surface area contributed by atoms with Crippen LogP contribution < -0.4 is 5.73 Å². The zero-order valence-corrected chi connectivity index (χ0v) is 10.6. The van der Waals surface area contributed by atoms with Gasteiger partial charge in [0.15, 0.2) is 0 Å². The van der Waals surface area contributed by atoms with Crippen LogP contribution in [0.25, 0.3) is 10.9 Å². The van der Waals surface area contributed by atoms with Crippen LogP contribution in [0.3, 0.4) is 0 Å². The van der Waals surface area contributed by atoms with Crippen LogP contribution in [-0.2, 0) is 13.5 Å². The van der Waals surface area contributed by atoms with E-state index in [1.54, 1.807) is 0 Å². The zero-order chi connectivity index (χ0) is 11.0. The molecule has 3 heteroatoms. The molecule has 1 unspecified atom stereocenters. The van der Waals surface area contributed by atoms with Crippen molar-refractivity contribution < 1.29 is 0 Å². The van der Waals surface area contributed by atoms with Crippen molar-refractivity contribution in [2.45, 2.75) is 19.4 Å². The lowest BCUT2D eigenvalue weighted by atomic mass is 10.2. The van der Waals surface area contributed by atoms with E-state index in [-0.39, 0.29) is 6.04 Å². The number of nitrogens with two attached hydrogens (primary N) is 1. The van der Waals surface area contributed by atoms with Gasteiger partial charge in [-0.2, -0.15) is 0 Å². The second-order valence-electron chi connectivity index (χ2n) is 4.05. The van der Waals surface area contributed by atoms with Crippen molar-refractivity contribution in [1.82, 2.24) is 4.57 Å². The summed E-state index contributed by atoms with van der Waals surface area (Å²) in [6.45, 7) is 2.03. The summed E-state index contributed by atoms with van der Waals surface area (Å²) in [6, 6.07) is 8.67. The molecule has 80 valence electrons. The molecule has 0 radical (unpaired) electrons. The van der Waals surface area contributed by atoms with Crippen LogP contribution in [0, 0.1) is 0 Å². The largest absolute Gasteiger partial charge is 0.348 e. The molecule has 2 nitrogen and oxygen atoms in total. The molecule has 0 fully saturated rings. The molecule has 0 saturated carbocycles. The molecule has 1 heterocycles. The standard InChI is InChI=1S/C12H15BrN2/c1-8(14)6-9-7-10-11(13)4-3-5-12(10)15(9)2/h3-5,7-8H,6,14H2,1-2H3. The normalized spacial score (nSPS) is 13.3. The van der Waals surface area contributed by atoms with Gasteiger partial charge in [-0.1, -0.05) is 22.0 Å². The number of fused-ring (bicyclic) bond motifs is 1. The Morgan fingerprint density at radius 2 is 2.20 bits per heavy atom. The summed E-state index contributed by atoms with van der Waals surface area (Å²) in [5.41, 5.74) is 8.36. The lowest BCUT2D eigenvalue weighted by Crippen LogP contribution is -2.19. The number of rotatable bonds is 2. The number of hydrogen-bond donors (Lipinski definition) is 1. The minimum absolute atomic E-state index is 0.201. The number of nitrogens with zero attached hydrogens (tertiary/aromatic N) is 1. The zero-order valence-electron chi connectivity index (χ0n) is 9.00. The quantitative estimate of drug-likeness (QED) is 0.891. The van der Waals surface area contributed by atoms with Gasteiger partial charge in [0, 0.05) is 40.6 Å². The number of benzene rings is 1. The third kappa shape index (κ3) is 1.94. The SMILES string of the molecule is CC(N)Cc1cc2c(Br)cccc2n1C. The van der Waals surface area contributed by atoms with Crippen LogP contribution in [0.1, 0.15) is 12.6 Å². The Kier molecular flexibility index (Phi) is 2.85. The third-order valence-electron chi connectivity index (χ3n) is 2.66. The summed E-state index contributed by atoms with van der Waals surface area (Å²) in [4.78, 5) is 0. The molecule has 15 heavy (non-hydrogen) atoms. The first-order valence-electron chi connectivity index (χ1n) is 5.08. The van der Waals surface area contributed by atoms with Crippen molar-refractivity contribution in [2.75, 3.05) is 0 Å². The van der Waals surface area contributed by atoms with Gasteiger partial charge in [0.05, 0.1) is 0 Å². The predicted octanol–water partition coefficient (Wildman–Crippen LogP) is 2.83. The maximum absolute atomic E-state index is 5.83. The Morgan fingerprint density at radius 1 is 1.47 bits per heavy atom. The number of halogens is 1. The van der Waals surface area contributed by atoms with Gasteiger partial charge < -0.3 is 10.3 Å². The molecule has 1 aromatic heterocycles. The Morgan fingerprint density at radius 3 is 2.80 bits per heavy atom. The maximum atomic E-state index is 5.83. The van der Waals surface area contributed by atoms with Crippen molar-refractivity contribution >= 4 is 26.8 Å². The average molecular weight is 267 g/mol. The molecule has 0 aliphatic carbocycles. The van der Waals surface area contributed by atoms with E-state index in [1.807, 2.05) is 6.92 Å². The van der Waals surface area contributed by atoms with Gasteiger partial charge in [-0.25, -0.2) is 0 Å². The van der Waals surface area contributed by atoms with Crippen molar-refractivity contribution in [1.29, 1.82) is 0 Å². The molecule has 0 aliphatic rings. The summed E-state index contributed by atoms with van der Waals surface area (Å²) >= 11 is 3.57. The van der Waals surface area contributed by atoms with Crippen molar-refractivity contribution in [3.63, 3.8) is 0 Å². The predicted molar refractivity (Wildman–Crippen MR) is 68.0 cm³/mol. The first-order chi connectivity index (χ1) is 7.09. The molecule has 0 saturated heterocycles. The number of aromatic nitrogens is 1. The van der Waals surface area contributed by atoms with Crippen LogP contribution in [0.15, 0.2) is 28.7 Å². The minimum atomic E-state index is 0.201. The molecule has 0 spiro atoms. The third-order valence-corrected chi connectivity index (χ3v) is 3.36. The van der Waals surface area contributed by atoms with Crippen LogP contribution in [-0.4, -0.2) is 10.6 Å². The van der Waals surface area contributed by atoms with E-state index in [4.69, 9.17) is 5.73 Å². The van der Waals surface area contributed by atoms with Gasteiger partial charge in [0.2, 0.25) is 0 Å². The molecule has 0 bridgehead atoms. The summed E-state index contributed by atoms with van der Waals surface area (Å²) in [5.74, 6) is 0. The first-order valence-corrected chi connectivity index (χ1v) is 5.87. The van der Waals surface area contributed by atoms with E-state index in [9.17, 15) is 0 Å². The van der Waals surface area contributed by atoms with E-state index >= 15 is 0 Å². The molecule has 1 atom stereocenters. The van der Waals surface area contributed by atoms with Gasteiger partial charge in [-0.3, -0.25) is 0 Å². The van der Waals surface area contributed by atoms with Gasteiger partial charge >= 0.3 is 0 Å². The monoisotopic (exact) mass is 266 g/mol. The Labute approximate surface area is 98.2 Å². The van der Waals surface area contributed by atoms with Crippen LogP contribution in [0.4, 0.5) is 0 Å². The number of hydrogen-bond acceptors (Lipinski definition) is 1. The highest BCUT2D eigenvalue weighted by atomic mass is 79.9. The summed E-state index contributed by atoms with van der Waals surface area (Å²) in [7, 11) is 2.09. The van der Waals surface area contributed by atoms with Gasteiger partial charge in [0.25, 0.3) is 0 Å². The molecular formula is C12H15BrN2. The Balaban J connectivity index is 2.59. The lowest BCUT2D eigenvalue weighted by Gasteiger charge is -2.06. The fourth-order valence-electron chi connectivity index (χ4n) is 1.90. The topological polar surface area (TPSA) is 30.9 Å². The van der Waals surface area contributed by atoms with E-state index in [1.165, 1.54) is 16.6 Å². The molecule has 2 rings (SSSR count). The summed E-state index contributed by atoms with van der Waals surface area (Å²) < 4.78 is 3.36. The average Bonchev–Trinajstić information content (AvgIpc) is 2.46. The van der Waals surface area contributed by atoms with E-state index < -0.39 is 0 Å². The maximum Gasteiger partial charge on any atom is 0.0491 e. The van der Waals surface area contributed by atoms with Crippen LogP contribution in [0.2, 0.25) is 0 Å². The molecule has 2 aromatic rings. The Hall–Kier alpha value is -0.800. The first kappa shape index (κ1) is 10.7. The number of aryl methyl sites for hydroxylation is 1. The van der Waals surface area contributed by atoms with Crippen LogP contribution >= 0.6 is 15.9 Å². The van der Waals surface area contributed by atoms with Crippen molar-refractivity contribution in [2.24, 2.45) is 12.8 Å². The summed E-state index contributed by atoms with van der Waals surface area (Å²) in [5, 5.41) is 1.26. The van der Waals surface area contributed by atoms with Crippen LogP contribution in [0.5, 0.6) is 0 Å². The molecule has 0 aliphatic heterocycles. The highest BCUT2D eigenvalue weighted by molar-refractivity contribution is 9.10. The fraction of sp³-hybridized carbons (Fsp3) is 0.333. The molecule has 0 amide bonds. The second kappa shape index (κ2) is 3.99. The minimum Gasteiger partial charge on any atom is -0.348 e. The Bertz CT molecular complexity index is 486.